The van der Waals surface area contributed by atoms with Gasteiger partial charge in [-0.15, -0.1) is 0 Å². The fraction of sp³-hybridized carbons (Fsp3) is 0.0370. The smallest absolute Gasteiger partial charge is 0.141 e. The first-order chi connectivity index (χ1) is 15.7. The second-order valence-corrected chi connectivity index (χ2v) is 7.79. The molecule has 5 rings (SSSR count). The molecule has 3 nitrogen and oxygen atoms in total. The van der Waals surface area contributed by atoms with Gasteiger partial charge in [-0.05, 0) is 22.8 Å². The molecular weight excluding hydrogens is 421 g/mol. The molecule has 156 valence electrons. The molecule has 0 N–H and O–H groups in total. The number of imidazole rings is 1. The van der Waals surface area contributed by atoms with Crippen LogP contribution in [0.4, 0.5) is 4.39 Å². The van der Waals surface area contributed by atoms with E-state index in [-0.39, 0.29) is 10.7 Å². The van der Waals surface area contributed by atoms with Crippen molar-refractivity contribution in [3.8, 4) is 11.3 Å². The number of benzene rings is 3. The Morgan fingerprint density at radius 2 is 1.19 bits per heavy atom. The highest BCUT2D eigenvalue weighted by molar-refractivity contribution is 6.32. The first kappa shape index (κ1) is 20.2. The molecule has 0 radical (unpaired) electrons. The molecule has 0 atom stereocenters. The Hall–Kier alpha value is -3.76. The number of hydrogen-bond donors (Lipinski definition) is 0. The highest BCUT2D eigenvalue weighted by atomic mass is 35.5. The minimum atomic E-state index is -0.722. The second-order valence-electron chi connectivity index (χ2n) is 7.43. The molecule has 3 aromatic carbocycles. The zero-order chi connectivity index (χ0) is 22.0. The maximum absolute atomic E-state index is 14.6. The van der Waals surface area contributed by atoms with Crippen LogP contribution in [0.25, 0.3) is 11.3 Å². The summed E-state index contributed by atoms with van der Waals surface area (Å²) in [6, 6.07) is 32.0. The molecular formula is C27H19ClFN3. The van der Waals surface area contributed by atoms with Crippen LogP contribution >= 0.6 is 11.6 Å². The Morgan fingerprint density at radius 3 is 1.66 bits per heavy atom. The van der Waals surface area contributed by atoms with Gasteiger partial charge in [0.05, 0.1) is 17.6 Å². The normalized spacial score (nSPS) is 11.4. The van der Waals surface area contributed by atoms with Crippen LogP contribution in [0.1, 0.15) is 16.7 Å². The van der Waals surface area contributed by atoms with E-state index in [0.717, 1.165) is 16.7 Å². The number of hydrogen-bond acceptors (Lipinski definition) is 2. The molecule has 5 heteroatoms. The van der Waals surface area contributed by atoms with Crippen LogP contribution in [-0.4, -0.2) is 14.5 Å². The van der Waals surface area contributed by atoms with Crippen LogP contribution in [0.5, 0.6) is 0 Å². The summed E-state index contributed by atoms with van der Waals surface area (Å²) in [5.41, 5.74) is 3.06. The average Bonchev–Trinajstić information content (AvgIpc) is 3.31. The highest BCUT2D eigenvalue weighted by Crippen LogP contribution is 2.41. The molecule has 0 amide bonds. The summed E-state index contributed by atoms with van der Waals surface area (Å²) in [6.07, 6.45) is 4.91. The number of pyridine rings is 1. The van der Waals surface area contributed by atoms with Crippen molar-refractivity contribution in [3.05, 3.63) is 143 Å². The lowest BCUT2D eigenvalue weighted by molar-refractivity contribution is 0.515. The number of halogens is 2. The van der Waals surface area contributed by atoms with Crippen LogP contribution in [0.15, 0.2) is 116 Å². The van der Waals surface area contributed by atoms with E-state index in [0.29, 0.717) is 5.69 Å². The van der Waals surface area contributed by atoms with E-state index in [2.05, 4.69) is 46.4 Å². The maximum Gasteiger partial charge on any atom is 0.141 e. The third-order valence-electron chi connectivity index (χ3n) is 5.65. The maximum atomic E-state index is 14.6. The van der Waals surface area contributed by atoms with Crippen LogP contribution in [0.2, 0.25) is 5.15 Å². The van der Waals surface area contributed by atoms with Crippen molar-refractivity contribution in [2.24, 2.45) is 0 Å². The fourth-order valence-corrected chi connectivity index (χ4v) is 4.51. The third kappa shape index (κ3) is 3.29. The average molecular weight is 440 g/mol. The molecule has 0 aliphatic rings. The molecule has 0 spiro atoms. The third-order valence-corrected chi connectivity index (χ3v) is 5.94. The predicted octanol–water partition coefficient (Wildman–Crippen LogP) is 6.58. The van der Waals surface area contributed by atoms with E-state index in [1.165, 1.54) is 12.3 Å². The van der Waals surface area contributed by atoms with Crippen molar-refractivity contribution in [3.63, 3.8) is 0 Å². The van der Waals surface area contributed by atoms with Crippen molar-refractivity contribution < 1.29 is 4.39 Å². The largest absolute Gasteiger partial charge is 0.318 e. The molecule has 0 saturated carbocycles. The van der Waals surface area contributed by atoms with Gasteiger partial charge in [-0.3, -0.25) is 0 Å². The molecule has 0 saturated heterocycles. The lowest BCUT2D eigenvalue weighted by atomic mass is 9.77. The molecule has 0 unspecified atom stereocenters. The quantitative estimate of drug-likeness (QED) is 0.229. The lowest BCUT2D eigenvalue weighted by Gasteiger charge is -2.37. The Kier molecular flexibility index (Phi) is 5.29. The predicted molar refractivity (Wildman–Crippen MR) is 125 cm³/mol. The Morgan fingerprint density at radius 1 is 0.688 bits per heavy atom. The summed E-state index contributed by atoms with van der Waals surface area (Å²) in [7, 11) is 0. The van der Waals surface area contributed by atoms with E-state index in [1.54, 1.807) is 6.33 Å². The molecule has 2 aromatic heterocycles. The SMILES string of the molecule is Fc1ccnc(Cl)c1-c1cn(C(c2ccccc2)(c2ccccc2)c2ccccc2)cn1. The van der Waals surface area contributed by atoms with Crippen LogP contribution < -0.4 is 0 Å². The fourth-order valence-electron chi connectivity index (χ4n) is 4.26. The minimum absolute atomic E-state index is 0.0833. The number of aromatic nitrogens is 3. The topological polar surface area (TPSA) is 30.7 Å². The molecule has 2 heterocycles. The van der Waals surface area contributed by atoms with Gasteiger partial charge in [-0.1, -0.05) is 103 Å². The van der Waals surface area contributed by atoms with Crippen molar-refractivity contribution in [2.75, 3.05) is 0 Å². The van der Waals surface area contributed by atoms with Gasteiger partial charge in [0.25, 0.3) is 0 Å². The van der Waals surface area contributed by atoms with E-state index >= 15 is 0 Å². The monoisotopic (exact) mass is 439 g/mol. The molecule has 0 aliphatic heterocycles. The highest BCUT2D eigenvalue weighted by Gasteiger charge is 2.38. The summed E-state index contributed by atoms with van der Waals surface area (Å²) >= 11 is 6.24. The molecule has 0 aliphatic carbocycles. The first-order valence-corrected chi connectivity index (χ1v) is 10.6. The molecule has 0 bridgehead atoms. The van der Waals surface area contributed by atoms with Gasteiger partial charge in [-0.25, -0.2) is 14.4 Å². The summed E-state index contributed by atoms with van der Waals surface area (Å²) in [5, 5.41) is 0.0833. The molecule has 0 fully saturated rings. The van der Waals surface area contributed by atoms with Crippen molar-refractivity contribution in [1.29, 1.82) is 0 Å². The van der Waals surface area contributed by atoms with Gasteiger partial charge >= 0.3 is 0 Å². The zero-order valence-corrected chi connectivity index (χ0v) is 17.8. The van der Waals surface area contributed by atoms with Gasteiger partial charge in [0.15, 0.2) is 0 Å². The summed E-state index contributed by atoms with van der Waals surface area (Å²) in [4.78, 5) is 8.59. The van der Waals surface area contributed by atoms with Crippen LogP contribution in [0, 0.1) is 5.82 Å². The Balaban J connectivity index is 1.83. The molecule has 32 heavy (non-hydrogen) atoms. The van der Waals surface area contributed by atoms with Crippen molar-refractivity contribution in [2.45, 2.75) is 5.54 Å². The lowest BCUT2D eigenvalue weighted by Crippen LogP contribution is -2.36. The van der Waals surface area contributed by atoms with Crippen molar-refractivity contribution in [1.82, 2.24) is 14.5 Å². The summed E-state index contributed by atoms with van der Waals surface area (Å²) in [5.74, 6) is -0.458. The Bertz CT molecular complexity index is 1220. The van der Waals surface area contributed by atoms with Gasteiger partial charge in [0.2, 0.25) is 0 Å². The second kappa shape index (κ2) is 8.40. The number of nitrogens with zero attached hydrogens (tertiary/aromatic N) is 3. The van der Waals surface area contributed by atoms with E-state index in [9.17, 15) is 4.39 Å². The van der Waals surface area contributed by atoms with E-state index in [4.69, 9.17) is 11.6 Å². The van der Waals surface area contributed by atoms with Gasteiger partial charge in [0, 0.05) is 12.4 Å². The van der Waals surface area contributed by atoms with Gasteiger partial charge in [0.1, 0.15) is 16.5 Å². The molecule has 5 aromatic rings. The van der Waals surface area contributed by atoms with Gasteiger partial charge < -0.3 is 4.57 Å². The summed E-state index contributed by atoms with van der Waals surface area (Å²) in [6.45, 7) is 0. The standard InChI is InChI=1S/C27H19ClFN3/c28-26-25(23(29)16-17-30-26)24-18-32(19-31-24)27(20-10-4-1-5-11-20,21-12-6-2-7-13-21)22-14-8-3-9-15-22/h1-19H. The van der Waals surface area contributed by atoms with E-state index < -0.39 is 11.4 Å². The van der Waals surface area contributed by atoms with Crippen LogP contribution in [0.3, 0.4) is 0 Å². The van der Waals surface area contributed by atoms with Gasteiger partial charge in [-0.2, -0.15) is 0 Å². The summed E-state index contributed by atoms with van der Waals surface area (Å²) < 4.78 is 16.7. The Labute approximate surface area is 190 Å². The van der Waals surface area contributed by atoms with Crippen LogP contribution in [-0.2, 0) is 5.54 Å². The number of rotatable bonds is 5. The first-order valence-electron chi connectivity index (χ1n) is 10.2. The zero-order valence-electron chi connectivity index (χ0n) is 17.1. The van der Waals surface area contributed by atoms with Crippen molar-refractivity contribution >= 4 is 11.6 Å². The van der Waals surface area contributed by atoms with E-state index in [1.807, 2.05) is 65.4 Å². The minimum Gasteiger partial charge on any atom is -0.318 e.